The Balaban J connectivity index is 1.50. The number of anilines is 1. The van der Waals surface area contributed by atoms with Gasteiger partial charge in [-0.1, -0.05) is 42.1 Å². The van der Waals surface area contributed by atoms with Crippen LogP contribution in [0.25, 0.3) is 0 Å². The summed E-state index contributed by atoms with van der Waals surface area (Å²) in [7, 11) is -1.93. The highest BCUT2D eigenvalue weighted by Gasteiger charge is 2.20. The topological polar surface area (TPSA) is 84.9 Å². The number of amides is 1. The summed E-state index contributed by atoms with van der Waals surface area (Å²) in [5, 5.41) is 2.81. The van der Waals surface area contributed by atoms with Gasteiger partial charge >= 0.3 is 0 Å². The van der Waals surface area contributed by atoms with E-state index in [9.17, 15) is 13.2 Å². The summed E-state index contributed by atoms with van der Waals surface area (Å²) in [6.07, 6.45) is 1.79. The predicted molar refractivity (Wildman–Crippen MR) is 140 cm³/mol. The predicted octanol–water partition coefficient (Wildman–Crippen LogP) is 4.59. The van der Waals surface area contributed by atoms with Crippen molar-refractivity contribution in [3.05, 3.63) is 78.9 Å². The van der Waals surface area contributed by atoms with Gasteiger partial charge in [-0.3, -0.25) is 9.10 Å². The lowest BCUT2D eigenvalue weighted by Gasteiger charge is -2.24. The maximum Gasteiger partial charge on any atom is 0.232 e. The molecule has 1 amide bonds. The van der Waals surface area contributed by atoms with Crippen molar-refractivity contribution in [1.29, 1.82) is 0 Å². The van der Waals surface area contributed by atoms with E-state index in [1.54, 1.807) is 37.4 Å². The average molecular weight is 515 g/mol. The monoisotopic (exact) mass is 514 g/mol. The fourth-order valence-electron chi connectivity index (χ4n) is 3.33. The van der Waals surface area contributed by atoms with Crippen LogP contribution in [0.15, 0.2) is 88.7 Å². The van der Waals surface area contributed by atoms with Crippen LogP contribution < -0.4 is 19.1 Å². The number of para-hydroxylation sites is 1. The molecule has 0 unspecified atom stereocenters. The molecule has 0 atom stereocenters. The third-order valence-electron chi connectivity index (χ3n) is 5.02. The molecule has 0 aliphatic heterocycles. The van der Waals surface area contributed by atoms with Crippen molar-refractivity contribution < 1.29 is 22.7 Å². The molecule has 7 nitrogen and oxygen atoms in total. The molecule has 0 saturated carbocycles. The minimum absolute atomic E-state index is 0.149. The van der Waals surface area contributed by atoms with E-state index in [0.29, 0.717) is 31.0 Å². The normalized spacial score (nSPS) is 11.0. The SMILES string of the molecule is COc1ccc(OCCNC(=O)CCCN(c2ccccc2Sc2ccccc2)S(C)(=O)=O)cc1. The number of nitrogens with zero attached hydrogens (tertiary/aromatic N) is 1. The Morgan fingerprint density at radius 3 is 2.29 bits per heavy atom. The fraction of sp³-hybridized carbons (Fsp3) is 0.269. The number of carbonyl (C=O) groups excluding carboxylic acids is 1. The third kappa shape index (κ3) is 8.52. The second-order valence-electron chi connectivity index (χ2n) is 7.70. The molecule has 0 fully saturated rings. The lowest BCUT2D eigenvalue weighted by atomic mass is 10.2. The zero-order chi connectivity index (χ0) is 25.1. The van der Waals surface area contributed by atoms with Gasteiger partial charge < -0.3 is 14.8 Å². The van der Waals surface area contributed by atoms with Crippen molar-refractivity contribution in [1.82, 2.24) is 5.32 Å². The van der Waals surface area contributed by atoms with Gasteiger partial charge in [0.05, 0.1) is 25.6 Å². The maximum absolute atomic E-state index is 12.6. The first-order chi connectivity index (χ1) is 16.9. The summed E-state index contributed by atoms with van der Waals surface area (Å²) >= 11 is 1.51. The molecule has 0 spiro atoms. The van der Waals surface area contributed by atoms with Crippen LogP contribution in [0, 0.1) is 0 Å². The van der Waals surface area contributed by atoms with Crippen LogP contribution in [0.4, 0.5) is 5.69 Å². The largest absolute Gasteiger partial charge is 0.497 e. The Hall–Kier alpha value is -3.17. The van der Waals surface area contributed by atoms with Gasteiger partial charge in [0.15, 0.2) is 0 Å². The molecule has 35 heavy (non-hydrogen) atoms. The molecule has 1 N–H and O–H groups in total. The Morgan fingerprint density at radius 2 is 1.60 bits per heavy atom. The molecule has 0 saturated heterocycles. The number of sulfonamides is 1. The van der Waals surface area contributed by atoms with E-state index in [-0.39, 0.29) is 18.9 Å². The number of nitrogens with one attached hydrogen (secondary N) is 1. The summed E-state index contributed by atoms with van der Waals surface area (Å²) in [4.78, 5) is 14.1. The second kappa shape index (κ2) is 13.1. The first kappa shape index (κ1) is 26.4. The van der Waals surface area contributed by atoms with Gasteiger partial charge in [0.2, 0.25) is 15.9 Å². The number of rotatable bonds is 13. The summed E-state index contributed by atoms with van der Waals surface area (Å²) in [5.74, 6) is 1.29. The third-order valence-corrected chi connectivity index (χ3v) is 7.28. The van der Waals surface area contributed by atoms with E-state index in [0.717, 1.165) is 15.5 Å². The summed E-state index contributed by atoms with van der Waals surface area (Å²) < 4.78 is 37.3. The van der Waals surface area contributed by atoms with E-state index in [1.807, 2.05) is 48.5 Å². The van der Waals surface area contributed by atoms with E-state index in [2.05, 4.69) is 5.32 Å². The maximum atomic E-state index is 12.6. The molecule has 3 rings (SSSR count). The van der Waals surface area contributed by atoms with Crippen LogP contribution in [0.5, 0.6) is 11.5 Å². The first-order valence-corrected chi connectivity index (χ1v) is 13.9. The van der Waals surface area contributed by atoms with E-state index >= 15 is 0 Å². The molecule has 186 valence electrons. The Labute approximate surface area is 211 Å². The van der Waals surface area contributed by atoms with E-state index < -0.39 is 10.0 Å². The van der Waals surface area contributed by atoms with Crippen LogP contribution in [0.3, 0.4) is 0 Å². The van der Waals surface area contributed by atoms with Gasteiger partial charge in [-0.25, -0.2) is 8.42 Å². The molecule has 0 aliphatic carbocycles. The van der Waals surface area contributed by atoms with Gasteiger partial charge in [0, 0.05) is 22.8 Å². The van der Waals surface area contributed by atoms with Gasteiger partial charge in [-0.05, 0) is 55.0 Å². The van der Waals surface area contributed by atoms with Crippen molar-refractivity contribution in [2.75, 3.05) is 37.4 Å². The smallest absolute Gasteiger partial charge is 0.232 e. The van der Waals surface area contributed by atoms with Gasteiger partial charge in [-0.15, -0.1) is 0 Å². The Bertz CT molecular complexity index is 1190. The first-order valence-electron chi connectivity index (χ1n) is 11.2. The molecule has 0 bridgehead atoms. The van der Waals surface area contributed by atoms with Crippen molar-refractivity contribution >= 4 is 33.4 Å². The standard InChI is InChI=1S/C26H30N2O5S2/c1-32-21-14-16-22(17-15-21)33-20-18-27-26(29)13-8-19-28(35(2,30)31)24-11-6-7-12-25(24)34-23-9-4-3-5-10-23/h3-7,9-12,14-17H,8,13,18-20H2,1-2H3,(H,27,29). The van der Waals surface area contributed by atoms with Crippen LogP contribution in [0.1, 0.15) is 12.8 Å². The fourth-order valence-corrected chi connectivity index (χ4v) is 5.34. The molecule has 0 aliphatic rings. The van der Waals surface area contributed by atoms with Crippen LogP contribution in [0.2, 0.25) is 0 Å². The highest BCUT2D eigenvalue weighted by atomic mass is 32.2. The summed E-state index contributed by atoms with van der Waals surface area (Å²) in [5.41, 5.74) is 0.608. The number of benzene rings is 3. The van der Waals surface area contributed by atoms with Crippen LogP contribution in [-0.4, -0.2) is 47.4 Å². The number of ether oxygens (including phenoxy) is 2. The highest BCUT2D eigenvalue weighted by Crippen LogP contribution is 2.36. The highest BCUT2D eigenvalue weighted by molar-refractivity contribution is 7.99. The molecule has 3 aromatic rings. The van der Waals surface area contributed by atoms with Crippen molar-refractivity contribution in [2.45, 2.75) is 22.6 Å². The van der Waals surface area contributed by atoms with Gasteiger partial charge in [0.25, 0.3) is 0 Å². The van der Waals surface area contributed by atoms with Crippen LogP contribution in [-0.2, 0) is 14.8 Å². The summed E-state index contributed by atoms with van der Waals surface area (Å²) in [6.45, 7) is 0.899. The van der Waals surface area contributed by atoms with Crippen molar-refractivity contribution in [2.24, 2.45) is 0 Å². The molecule has 9 heteroatoms. The lowest BCUT2D eigenvalue weighted by molar-refractivity contribution is -0.121. The Morgan fingerprint density at radius 1 is 0.943 bits per heavy atom. The Kier molecular flexibility index (Phi) is 9.86. The molecule has 3 aromatic carbocycles. The minimum atomic E-state index is -3.53. The second-order valence-corrected chi connectivity index (χ2v) is 10.7. The number of hydrogen-bond donors (Lipinski definition) is 1. The number of hydrogen-bond acceptors (Lipinski definition) is 6. The minimum Gasteiger partial charge on any atom is -0.497 e. The number of carbonyl (C=O) groups is 1. The molecular weight excluding hydrogens is 484 g/mol. The molecule has 0 radical (unpaired) electrons. The zero-order valence-electron chi connectivity index (χ0n) is 19.8. The zero-order valence-corrected chi connectivity index (χ0v) is 21.5. The molecule has 0 heterocycles. The molecule has 0 aromatic heterocycles. The van der Waals surface area contributed by atoms with Gasteiger partial charge in [-0.2, -0.15) is 0 Å². The van der Waals surface area contributed by atoms with Crippen molar-refractivity contribution in [3.63, 3.8) is 0 Å². The summed E-state index contributed by atoms with van der Waals surface area (Å²) in [6, 6.07) is 24.4. The van der Waals surface area contributed by atoms with Crippen LogP contribution >= 0.6 is 11.8 Å². The van der Waals surface area contributed by atoms with E-state index in [1.165, 1.54) is 22.3 Å². The van der Waals surface area contributed by atoms with Crippen molar-refractivity contribution in [3.8, 4) is 11.5 Å². The number of methoxy groups -OCH3 is 1. The van der Waals surface area contributed by atoms with E-state index in [4.69, 9.17) is 9.47 Å². The average Bonchev–Trinajstić information content (AvgIpc) is 2.85. The van der Waals surface area contributed by atoms with Gasteiger partial charge in [0.1, 0.15) is 18.1 Å². The lowest BCUT2D eigenvalue weighted by Crippen LogP contribution is -2.33. The molecular formula is C26H30N2O5S2. The quantitative estimate of drug-likeness (QED) is 0.336.